The summed E-state index contributed by atoms with van der Waals surface area (Å²) in [7, 11) is 1.34. The lowest BCUT2D eigenvalue weighted by atomic mass is 10.1. The molecule has 0 aliphatic rings. The number of carbonyl (C=O) groups excluding carboxylic acids is 1. The van der Waals surface area contributed by atoms with Crippen LogP contribution < -0.4 is 0 Å². The van der Waals surface area contributed by atoms with Gasteiger partial charge in [-0.2, -0.15) is 0 Å². The number of methoxy groups -OCH3 is 1. The van der Waals surface area contributed by atoms with Crippen molar-refractivity contribution in [1.29, 1.82) is 0 Å². The number of nitrogens with one attached hydrogen (secondary N) is 1. The number of nitrogens with zero attached hydrogens (tertiary/aromatic N) is 1. The normalized spacial score (nSPS) is 10.3. The lowest BCUT2D eigenvalue weighted by Gasteiger charge is -2.04. The van der Waals surface area contributed by atoms with Crippen molar-refractivity contribution in [3.8, 4) is 11.4 Å². The third kappa shape index (κ3) is 2.78. The summed E-state index contributed by atoms with van der Waals surface area (Å²) in [6.07, 6.45) is 0. The Bertz CT molecular complexity index is 807. The fourth-order valence-corrected chi connectivity index (χ4v) is 2.43. The Labute approximate surface area is 136 Å². The highest BCUT2D eigenvalue weighted by atomic mass is 35.5. The summed E-state index contributed by atoms with van der Waals surface area (Å²) in [6.45, 7) is 0. The summed E-state index contributed by atoms with van der Waals surface area (Å²) >= 11 is 12.0. The average Bonchev–Trinajstić information content (AvgIpc) is 2.89. The Hall–Kier alpha value is -2.08. The molecule has 0 radical (unpaired) electrons. The van der Waals surface area contributed by atoms with E-state index in [1.807, 2.05) is 6.07 Å². The molecular formula is C15H12Cl2N2O3. The first-order valence-corrected chi connectivity index (χ1v) is 6.88. The summed E-state index contributed by atoms with van der Waals surface area (Å²) < 4.78 is 4.79. The van der Waals surface area contributed by atoms with Crippen LogP contribution in [0.2, 0.25) is 10.0 Å². The van der Waals surface area contributed by atoms with E-state index in [1.165, 1.54) is 7.11 Å². The van der Waals surface area contributed by atoms with Gasteiger partial charge in [0.25, 0.3) is 0 Å². The molecule has 0 saturated heterocycles. The molecule has 0 amide bonds. The molecular weight excluding hydrogens is 327 g/mol. The fourth-order valence-electron chi connectivity index (χ4n) is 2.11. The molecule has 0 bridgehead atoms. The minimum Gasteiger partial charge on any atom is -0.465 e. The van der Waals surface area contributed by atoms with Gasteiger partial charge in [-0.3, -0.25) is 0 Å². The fraction of sp³-hybridized carbons (Fsp3) is 0.0667. The van der Waals surface area contributed by atoms with Crippen molar-refractivity contribution in [2.45, 2.75) is 0 Å². The van der Waals surface area contributed by atoms with Crippen molar-refractivity contribution in [3.63, 3.8) is 0 Å². The van der Waals surface area contributed by atoms with Gasteiger partial charge in [0.2, 0.25) is 0 Å². The van der Waals surface area contributed by atoms with Gasteiger partial charge >= 0.3 is 5.97 Å². The van der Waals surface area contributed by atoms with Crippen LogP contribution in [0.5, 0.6) is 0 Å². The number of fused-ring (bicyclic) bond motifs is 1. The molecule has 0 saturated carbocycles. The molecule has 0 aliphatic heterocycles. The van der Waals surface area contributed by atoms with Gasteiger partial charge in [0, 0.05) is 5.56 Å². The first kappa shape index (κ1) is 16.3. The van der Waals surface area contributed by atoms with E-state index in [1.54, 1.807) is 30.3 Å². The van der Waals surface area contributed by atoms with Gasteiger partial charge in [0.1, 0.15) is 5.82 Å². The van der Waals surface area contributed by atoms with Crippen LogP contribution in [-0.2, 0) is 4.74 Å². The van der Waals surface area contributed by atoms with Crippen LogP contribution in [0.4, 0.5) is 0 Å². The van der Waals surface area contributed by atoms with Crippen LogP contribution in [0, 0.1) is 0 Å². The summed E-state index contributed by atoms with van der Waals surface area (Å²) in [5.74, 6) is 0.145. The number of esters is 1. The smallest absolute Gasteiger partial charge is 0.338 e. The van der Waals surface area contributed by atoms with Crippen LogP contribution >= 0.6 is 23.2 Å². The van der Waals surface area contributed by atoms with E-state index in [-0.39, 0.29) is 5.48 Å². The van der Waals surface area contributed by atoms with Crippen LogP contribution in [-0.4, -0.2) is 28.5 Å². The monoisotopic (exact) mass is 338 g/mol. The minimum absolute atomic E-state index is 0. The van der Waals surface area contributed by atoms with E-state index >= 15 is 0 Å². The SMILES string of the molecule is COC(=O)c1ccccc1-c1nc2cc(Cl)c(Cl)cc2[nH]1.O. The topological polar surface area (TPSA) is 86.5 Å². The van der Waals surface area contributed by atoms with Crippen LogP contribution in [0.3, 0.4) is 0 Å². The van der Waals surface area contributed by atoms with E-state index in [0.29, 0.717) is 32.5 Å². The number of aromatic nitrogens is 2. The Morgan fingerprint density at radius 1 is 1.18 bits per heavy atom. The van der Waals surface area contributed by atoms with Crippen molar-refractivity contribution in [2.75, 3.05) is 7.11 Å². The lowest BCUT2D eigenvalue weighted by molar-refractivity contribution is 0.0601. The maximum absolute atomic E-state index is 11.8. The van der Waals surface area contributed by atoms with Gasteiger partial charge in [0.05, 0.1) is 33.8 Å². The molecule has 1 aromatic heterocycles. The van der Waals surface area contributed by atoms with Crippen molar-refractivity contribution < 1.29 is 15.0 Å². The Kier molecular flexibility index (Phi) is 4.71. The third-order valence-electron chi connectivity index (χ3n) is 3.11. The Morgan fingerprint density at radius 2 is 1.86 bits per heavy atom. The molecule has 7 heteroatoms. The molecule has 0 aliphatic carbocycles. The molecule has 0 spiro atoms. The second-order valence-corrected chi connectivity index (χ2v) is 5.22. The molecule has 3 N–H and O–H groups in total. The number of halogens is 2. The second kappa shape index (κ2) is 6.36. The van der Waals surface area contributed by atoms with E-state index in [0.717, 1.165) is 5.52 Å². The van der Waals surface area contributed by atoms with E-state index in [9.17, 15) is 4.79 Å². The summed E-state index contributed by atoms with van der Waals surface area (Å²) in [5, 5.41) is 0.879. The lowest BCUT2D eigenvalue weighted by Crippen LogP contribution is -2.03. The van der Waals surface area contributed by atoms with Gasteiger partial charge in [-0.15, -0.1) is 0 Å². The van der Waals surface area contributed by atoms with Gasteiger partial charge in [0.15, 0.2) is 0 Å². The van der Waals surface area contributed by atoms with Crippen LogP contribution in [0.25, 0.3) is 22.4 Å². The molecule has 22 heavy (non-hydrogen) atoms. The van der Waals surface area contributed by atoms with E-state index in [4.69, 9.17) is 27.9 Å². The van der Waals surface area contributed by atoms with Gasteiger partial charge in [-0.25, -0.2) is 9.78 Å². The van der Waals surface area contributed by atoms with E-state index in [2.05, 4.69) is 9.97 Å². The summed E-state index contributed by atoms with van der Waals surface area (Å²) in [5.41, 5.74) is 2.53. The zero-order valence-corrected chi connectivity index (χ0v) is 13.0. The van der Waals surface area contributed by atoms with Gasteiger partial charge in [-0.05, 0) is 18.2 Å². The van der Waals surface area contributed by atoms with Gasteiger partial charge < -0.3 is 15.2 Å². The number of imidazole rings is 1. The standard InChI is InChI=1S/C15H10Cl2N2O2.H2O/c1-21-15(20)9-5-3-2-4-8(9)14-18-12-6-10(16)11(17)7-13(12)19-14;/h2-7H,1H3,(H,18,19);1H2. The van der Waals surface area contributed by atoms with Crippen molar-refractivity contribution >= 4 is 40.2 Å². The molecule has 0 atom stereocenters. The maximum atomic E-state index is 11.8. The van der Waals surface area contributed by atoms with Gasteiger partial charge in [-0.1, -0.05) is 41.4 Å². The first-order valence-electron chi connectivity index (χ1n) is 6.12. The van der Waals surface area contributed by atoms with E-state index < -0.39 is 5.97 Å². The number of carbonyl (C=O) groups is 1. The molecule has 0 fully saturated rings. The summed E-state index contributed by atoms with van der Waals surface area (Å²) in [6, 6.07) is 10.5. The molecule has 3 aromatic rings. The van der Waals surface area contributed by atoms with Crippen LogP contribution in [0.15, 0.2) is 36.4 Å². The first-order chi connectivity index (χ1) is 10.1. The number of H-pyrrole nitrogens is 1. The molecule has 0 unspecified atom stereocenters. The number of hydrogen-bond acceptors (Lipinski definition) is 3. The highest BCUT2D eigenvalue weighted by Crippen LogP contribution is 2.29. The predicted octanol–water partition coefficient (Wildman–Crippen LogP) is 3.50. The molecule has 5 nitrogen and oxygen atoms in total. The van der Waals surface area contributed by atoms with Crippen molar-refractivity contribution in [1.82, 2.24) is 9.97 Å². The largest absolute Gasteiger partial charge is 0.465 e. The zero-order chi connectivity index (χ0) is 15.0. The third-order valence-corrected chi connectivity index (χ3v) is 3.83. The minimum atomic E-state index is -0.415. The average molecular weight is 339 g/mol. The van der Waals surface area contributed by atoms with Crippen molar-refractivity contribution in [3.05, 3.63) is 52.0 Å². The quantitative estimate of drug-likeness (QED) is 0.725. The second-order valence-electron chi connectivity index (χ2n) is 4.41. The zero-order valence-electron chi connectivity index (χ0n) is 11.5. The molecule has 3 rings (SSSR count). The highest BCUT2D eigenvalue weighted by Gasteiger charge is 2.16. The predicted molar refractivity (Wildman–Crippen MR) is 86.5 cm³/mol. The van der Waals surface area contributed by atoms with Crippen molar-refractivity contribution in [2.24, 2.45) is 0 Å². The Morgan fingerprint density at radius 3 is 2.59 bits per heavy atom. The number of benzene rings is 2. The van der Waals surface area contributed by atoms with Crippen LogP contribution in [0.1, 0.15) is 10.4 Å². The molecule has 2 aromatic carbocycles. The number of aromatic amines is 1. The maximum Gasteiger partial charge on any atom is 0.338 e. The summed E-state index contributed by atoms with van der Waals surface area (Å²) in [4.78, 5) is 19.4. The molecule has 1 heterocycles. The number of ether oxygens (including phenoxy) is 1. The Balaban J connectivity index is 0.00000176. The number of rotatable bonds is 2. The highest BCUT2D eigenvalue weighted by molar-refractivity contribution is 6.42. The molecule has 114 valence electrons. The number of hydrogen-bond donors (Lipinski definition) is 1.